The first-order chi connectivity index (χ1) is 13.0. The topological polar surface area (TPSA) is 44.9 Å². The molecule has 27 heavy (non-hydrogen) atoms. The van der Waals surface area contributed by atoms with Gasteiger partial charge in [0.25, 0.3) is 0 Å². The molecule has 0 fully saturated rings. The normalized spacial score (nSPS) is 12.3. The number of rotatable bonds is 7. The van der Waals surface area contributed by atoms with E-state index in [0.717, 1.165) is 34.9 Å². The van der Waals surface area contributed by atoms with Crippen molar-refractivity contribution in [2.24, 2.45) is 0 Å². The summed E-state index contributed by atoms with van der Waals surface area (Å²) in [4.78, 5) is 15.9. The number of amides is 1. The summed E-state index contributed by atoms with van der Waals surface area (Å²) in [6.45, 7) is 4.87. The van der Waals surface area contributed by atoms with Gasteiger partial charge in [-0.25, -0.2) is 0 Å². The van der Waals surface area contributed by atoms with Crippen LogP contribution in [0, 0.1) is 0 Å². The highest BCUT2D eigenvalue weighted by atomic mass is 35.5. The Balaban J connectivity index is 2.06. The highest BCUT2D eigenvalue weighted by Gasteiger charge is 2.22. The Morgan fingerprint density at radius 1 is 1.15 bits per heavy atom. The fourth-order valence-electron chi connectivity index (χ4n) is 3.48. The zero-order chi connectivity index (χ0) is 19.4. The van der Waals surface area contributed by atoms with Crippen LogP contribution in [0.1, 0.15) is 49.3 Å². The van der Waals surface area contributed by atoms with E-state index in [9.17, 15) is 4.79 Å². The lowest BCUT2D eigenvalue weighted by Crippen LogP contribution is -2.26. The van der Waals surface area contributed by atoms with Crippen LogP contribution in [-0.2, 0) is 11.2 Å². The monoisotopic (exact) mass is 402 g/mol. The van der Waals surface area contributed by atoms with Crippen molar-refractivity contribution in [3.8, 4) is 0 Å². The smallest absolute Gasteiger partial charge is 0.220 e. The minimum Gasteiger partial charge on any atom is -0.361 e. The van der Waals surface area contributed by atoms with Crippen molar-refractivity contribution in [3.05, 3.63) is 69.3 Å². The minimum absolute atomic E-state index is 0.0360. The van der Waals surface area contributed by atoms with Gasteiger partial charge in [-0.15, -0.1) is 0 Å². The molecule has 5 heteroatoms. The highest BCUT2D eigenvalue weighted by molar-refractivity contribution is 6.42. The van der Waals surface area contributed by atoms with Gasteiger partial charge in [0, 0.05) is 36.0 Å². The van der Waals surface area contributed by atoms with Crippen LogP contribution in [0.5, 0.6) is 0 Å². The molecule has 1 unspecified atom stereocenters. The largest absolute Gasteiger partial charge is 0.361 e. The standard InChI is InChI=1S/C22H24Cl2N2O/c1-3-10-25-21(27)12-17(15-8-9-19(23)20(24)11-15)18-13-26-22-14(4-2)6-5-7-16(18)22/h5-9,11,13,17,26H,3-4,10,12H2,1-2H3,(H,25,27). The molecule has 1 heterocycles. The second kappa shape index (κ2) is 8.81. The SMILES string of the molecule is CCCNC(=O)CC(c1ccc(Cl)c(Cl)c1)c1c[nH]c2c(CC)cccc12. The molecule has 3 nitrogen and oxygen atoms in total. The van der Waals surface area contributed by atoms with Gasteiger partial charge in [0.2, 0.25) is 5.91 Å². The average Bonchev–Trinajstić information content (AvgIpc) is 3.10. The molecule has 0 radical (unpaired) electrons. The fraction of sp³-hybridized carbons (Fsp3) is 0.318. The molecule has 3 rings (SSSR count). The maximum Gasteiger partial charge on any atom is 0.220 e. The average molecular weight is 403 g/mol. The van der Waals surface area contributed by atoms with Gasteiger partial charge in [0.05, 0.1) is 10.0 Å². The maximum atomic E-state index is 12.5. The quantitative estimate of drug-likeness (QED) is 0.493. The number of carbonyl (C=O) groups is 1. The Bertz CT molecular complexity index is 949. The van der Waals surface area contributed by atoms with Crippen LogP contribution in [0.3, 0.4) is 0 Å². The number of halogens is 2. The van der Waals surface area contributed by atoms with Crippen LogP contribution in [0.15, 0.2) is 42.6 Å². The zero-order valence-electron chi connectivity index (χ0n) is 15.6. The second-order valence-electron chi connectivity index (χ2n) is 6.72. The number of hydrogen-bond donors (Lipinski definition) is 2. The van der Waals surface area contributed by atoms with Gasteiger partial charge in [-0.3, -0.25) is 4.79 Å². The van der Waals surface area contributed by atoms with Crippen LogP contribution < -0.4 is 5.32 Å². The molecule has 0 aliphatic rings. The first-order valence-electron chi connectivity index (χ1n) is 9.35. The Labute approximate surface area is 170 Å². The van der Waals surface area contributed by atoms with Gasteiger partial charge in [-0.05, 0) is 41.7 Å². The van der Waals surface area contributed by atoms with E-state index in [4.69, 9.17) is 23.2 Å². The second-order valence-corrected chi connectivity index (χ2v) is 7.53. The summed E-state index contributed by atoms with van der Waals surface area (Å²) >= 11 is 12.4. The molecule has 2 N–H and O–H groups in total. The molecular weight excluding hydrogens is 379 g/mol. The lowest BCUT2D eigenvalue weighted by atomic mass is 9.87. The van der Waals surface area contributed by atoms with Crippen molar-refractivity contribution < 1.29 is 4.79 Å². The fourth-order valence-corrected chi connectivity index (χ4v) is 3.79. The van der Waals surface area contributed by atoms with Crippen LogP contribution >= 0.6 is 23.2 Å². The van der Waals surface area contributed by atoms with E-state index in [1.165, 1.54) is 5.56 Å². The van der Waals surface area contributed by atoms with Gasteiger partial charge >= 0.3 is 0 Å². The van der Waals surface area contributed by atoms with Crippen molar-refractivity contribution in [3.63, 3.8) is 0 Å². The van der Waals surface area contributed by atoms with E-state index in [1.807, 2.05) is 25.3 Å². The Morgan fingerprint density at radius 3 is 2.67 bits per heavy atom. The first-order valence-corrected chi connectivity index (χ1v) is 10.1. The minimum atomic E-state index is -0.0996. The number of para-hydroxylation sites is 1. The summed E-state index contributed by atoms with van der Waals surface area (Å²) in [6, 6.07) is 11.9. The Morgan fingerprint density at radius 2 is 1.96 bits per heavy atom. The molecule has 1 amide bonds. The summed E-state index contributed by atoms with van der Waals surface area (Å²) in [5.41, 5.74) is 4.49. The van der Waals surface area contributed by atoms with Crippen LogP contribution in [0.2, 0.25) is 10.0 Å². The third-order valence-electron chi connectivity index (χ3n) is 4.90. The van der Waals surface area contributed by atoms with E-state index >= 15 is 0 Å². The van der Waals surface area contributed by atoms with E-state index in [-0.39, 0.29) is 11.8 Å². The first kappa shape index (κ1) is 19.8. The van der Waals surface area contributed by atoms with Crippen molar-refractivity contribution in [1.29, 1.82) is 0 Å². The van der Waals surface area contributed by atoms with E-state index in [1.54, 1.807) is 6.07 Å². The molecule has 0 spiro atoms. The zero-order valence-corrected chi connectivity index (χ0v) is 17.1. The molecule has 0 aliphatic carbocycles. The van der Waals surface area contributed by atoms with E-state index < -0.39 is 0 Å². The lowest BCUT2D eigenvalue weighted by molar-refractivity contribution is -0.121. The number of aryl methyl sites for hydroxylation is 1. The van der Waals surface area contributed by atoms with Gasteiger partial charge < -0.3 is 10.3 Å². The van der Waals surface area contributed by atoms with Crippen LogP contribution in [0.4, 0.5) is 0 Å². The van der Waals surface area contributed by atoms with Gasteiger partial charge in [0.15, 0.2) is 0 Å². The number of H-pyrrole nitrogens is 1. The summed E-state index contributed by atoms with van der Waals surface area (Å²) < 4.78 is 0. The molecule has 3 aromatic rings. The lowest BCUT2D eigenvalue weighted by Gasteiger charge is -2.18. The highest BCUT2D eigenvalue weighted by Crippen LogP contribution is 2.36. The predicted molar refractivity (Wildman–Crippen MR) is 114 cm³/mol. The summed E-state index contributed by atoms with van der Waals surface area (Å²) in [5, 5.41) is 5.15. The van der Waals surface area contributed by atoms with Crippen molar-refractivity contribution in [1.82, 2.24) is 10.3 Å². The molecule has 0 aliphatic heterocycles. The third kappa shape index (κ3) is 4.31. The molecular formula is C22H24Cl2N2O. The maximum absolute atomic E-state index is 12.5. The number of aromatic amines is 1. The molecule has 0 bridgehead atoms. The van der Waals surface area contributed by atoms with E-state index in [2.05, 4.69) is 35.4 Å². The number of hydrogen-bond acceptors (Lipinski definition) is 1. The van der Waals surface area contributed by atoms with Gasteiger partial charge in [-0.2, -0.15) is 0 Å². The van der Waals surface area contributed by atoms with Gasteiger partial charge in [-0.1, -0.05) is 61.3 Å². The van der Waals surface area contributed by atoms with Gasteiger partial charge in [0.1, 0.15) is 0 Å². The number of aromatic nitrogens is 1. The molecule has 0 saturated heterocycles. The van der Waals surface area contributed by atoms with Crippen LogP contribution in [-0.4, -0.2) is 17.4 Å². The number of benzene rings is 2. The van der Waals surface area contributed by atoms with Crippen molar-refractivity contribution >= 4 is 40.0 Å². The Kier molecular flexibility index (Phi) is 6.46. The molecule has 2 aromatic carbocycles. The molecule has 1 atom stereocenters. The number of fused-ring (bicyclic) bond motifs is 1. The molecule has 142 valence electrons. The molecule has 0 saturated carbocycles. The number of nitrogens with one attached hydrogen (secondary N) is 2. The number of carbonyl (C=O) groups excluding carboxylic acids is 1. The Hall–Kier alpha value is -1.97. The molecule has 1 aromatic heterocycles. The predicted octanol–water partition coefficient (Wildman–Crippen LogP) is 6.09. The van der Waals surface area contributed by atoms with Crippen LogP contribution in [0.25, 0.3) is 10.9 Å². The van der Waals surface area contributed by atoms with Crippen molar-refractivity contribution in [2.75, 3.05) is 6.54 Å². The summed E-state index contributed by atoms with van der Waals surface area (Å²) in [6.07, 6.45) is 4.24. The summed E-state index contributed by atoms with van der Waals surface area (Å²) in [5.74, 6) is -0.0635. The van der Waals surface area contributed by atoms with Crippen molar-refractivity contribution in [2.45, 2.75) is 39.0 Å². The third-order valence-corrected chi connectivity index (χ3v) is 5.64. The summed E-state index contributed by atoms with van der Waals surface area (Å²) in [7, 11) is 0. The van der Waals surface area contributed by atoms with E-state index in [0.29, 0.717) is 23.0 Å².